The highest BCUT2D eigenvalue weighted by atomic mass is 16.7. The van der Waals surface area contributed by atoms with Gasteiger partial charge in [-0.05, 0) is 19.8 Å². The Hall–Kier alpha value is -0.120. The Kier molecular flexibility index (Phi) is 3.79. The van der Waals surface area contributed by atoms with Gasteiger partial charge in [-0.3, -0.25) is 0 Å². The minimum absolute atomic E-state index is 0.0319. The average Bonchev–Trinajstić information content (AvgIpc) is 2.56. The maximum absolute atomic E-state index is 5.90. The normalized spacial score (nSPS) is 35.8. The van der Waals surface area contributed by atoms with Gasteiger partial charge in [0.1, 0.15) is 0 Å². The molecule has 1 heterocycles. The fourth-order valence-electron chi connectivity index (χ4n) is 2.13. The molecule has 0 radical (unpaired) electrons. The van der Waals surface area contributed by atoms with Gasteiger partial charge in [-0.15, -0.1) is 0 Å². The Balaban J connectivity index is 1.77. The summed E-state index contributed by atoms with van der Waals surface area (Å²) in [7, 11) is 0. The van der Waals surface area contributed by atoms with Gasteiger partial charge in [0.15, 0.2) is 6.29 Å². The van der Waals surface area contributed by atoms with E-state index in [1.165, 1.54) is 25.7 Å². The first-order valence-electron chi connectivity index (χ1n) is 5.73. The lowest BCUT2D eigenvalue weighted by Crippen LogP contribution is -2.26. The summed E-state index contributed by atoms with van der Waals surface area (Å²) in [5.74, 6) is 0. The molecule has 1 aliphatic carbocycles. The molecule has 3 heteroatoms. The summed E-state index contributed by atoms with van der Waals surface area (Å²) in [5.41, 5.74) is 0. The summed E-state index contributed by atoms with van der Waals surface area (Å²) >= 11 is 0. The summed E-state index contributed by atoms with van der Waals surface area (Å²) in [5, 5.41) is 0. The second-order valence-electron chi connectivity index (χ2n) is 4.28. The monoisotopic (exact) mass is 200 g/mol. The van der Waals surface area contributed by atoms with Gasteiger partial charge >= 0.3 is 0 Å². The van der Waals surface area contributed by atoms with Crippen molar-refractivity contribution in [2.24, 2.45) is 0 Å². The minimum Gasteiger partial charge on any atom is -0.379 e. The molecule has 0 bridgehead atoms. The molecule has 0 amide bonds. The molecular weight excluding hydrogens is 180 g/mol. The van der Waals surface area contributed by atoms with Crippen LogP contribution in [0.5, 0.6) is 0 Å². The van der Waals surface area contributed by atoms with E-state index in [1.54, 1.807) is 0 Å². The zero-order valence-corrected chi connectivity index (χ0v) is 8.91. The maximum Gasteiger partial charge on any atom is 0.160 e. The van der Waals surface area contributed by atoms with Crippen LogP contribution in [0.2, 0.25) is 0 Å². The number of hydrogen-bond acceptors (Lipinski definition) is 3. The fourth-order valence-corrected chi connectivity index (χ4v) is 2.13. The molecule has 0 unspecified atom stereocenters. The van der Waals surface area contributed by atoms with Crippen molar-refractivity contribution in [3.05, 3.63) is 0 Å². The van der Waals surface area contributed by atoms with Crippen molar-refractivity contribution in [3.8, 4) is 0 Å². The molecule has 2 fully saturated rings. The molecule has 2 atom stereocenters. The van der Waals surface area contributed by atoms with Crippen molar-refractivity contribution in [1.82, 2.24) is 0 Å². The number of rotatable bonds is 2. The molecule has 82 valence electrons. The van der Waals surface area contributed by atoms with E-state index in [0.29, 0.717) is 12.7 Å². The van der Waals surface area contributed by atoms with E-state index < -0.39 is 0 Å². The molecule has 3 nitrogen and oxygen atoms in total. The topological polar surface area (TPSA) is 27.7 Å². The van der Waals surface area contributed by atoms with E-state index in [0.717, 1.165) is 13.0 Å². The van der Waals surface area contributed by atoms with Crippen LogP contribution in [0.1, 0.15) is 39.0 Å². The van der Waals surface area contributed by atoms with Crippen LogP contribution in [0.3, 0.4) is 0 Å². The Morgan fingerprint density at radius 1 is 1.14 bits per heavy atom. The lowest BCUT2D eigenvalue weighted by Gasteiger charge is -2.22. The first-order valence-corrected chi connectivity index (χ1v) is 5.73. The fraction of sp³-hybridized carbons (Fsp3) is 1.00. The number of hydrogen-bond donors (Lipinski definition) is 0. The van der Waals surface area contributed by atoms with Crippen LogP contribution in [-0.4, -0.2) is 31.7 Å². The molecule has 1 saturated carbocycles. The summed E-state index contributed by atoms with van der Waals surface area (Å²) in [6, 6.07) is 0. The molecule has 2 aliphatic rings. The first-order chi connectivity index (χ1) is 6.84. The lowest BCUT2D eigenvalue weighted by molar-refractivity contribution is -0.184. The Morgan fingerprint density at radius 3 is 2.71 bits per heavy atom. The van der Waals surface area contributed by atoms with E-state index in [2.05, 4.69) is 0 Å². The smallest absolute Gasteiger partial charge is 0.160 e. The molecular formula is C11H20O3. The molecule has 1 saturated heterocycles. The van der Waals surface area contributed by atoms with Crippen LogP contribution < -0.4 is 0 Å². The average molecular weight is 200 g/mol. The molecule has 1 aliphatic heterocycles. The molecule has 2 rings (SSSR count). The molecule has 0 aromatic heterocycles. The van der Waals surface area contributed by atoms with E-state index in [9.17, 15) is 0 Å². The quantitative estimate of drug-likeness (QED) is 0.683. The number of ether oxygens (including phenoxy) is 3. The van der Waals surface area contributed by atoms with E-state index in [-0.39, 0.29) is 12.4 Å². The molecule has 0 N–H and O–H groups in total. The highest BCUT2D eigenvalue weighted by Gasteiger charge is 2.24. The molecule has 14 heavy (non-hydrogen) atoms. The molecule has 0 aromatic rings. The van der Waals surface area contributed by atoms with Gasteiger partial charge in [-0.25, -0.2) is 0 Å². The highest BCUT2D eigenvalue weighted by molar-refractivity contribution is 4.68. The third-order valence-electron chi connectivity index (χ3n) is 2.88. The Morgan fingerprint density at radius 2 is 1.93 bits per heavy atom. The molecule has 0 spiro atoms. The van der Waals surface area contributed by atoms with Gasteiger partial charge in [0, 0.05) is 6.42 Å². The minimum atomic E-state index is -0.0319. The Bertz CT molecular complexity index is 166. The lowest BCUT2D eigenvalue weighted by atomic mass is 10.3. The van der Waals surface area contributed by atoms with Gasteiger partial charge in [0.05, 0.1) is 25.4 Å². The third-order valence-corrected chi connectivity index (χ3v) is 2.88. The van der Waals surface area contributed by atoms with Crippen LogP contribution in [-0.2, 0) is 14.2 Å². The largest absolute Gasteiger partial charge is 0.379 e. The SMILES string of the molecule is C[C@H]1COCC[C@@H](OC2CCCC2)O1. The van der Waals surface area contributed by atoms with Crippen molar-refractivity contribution < 1.29 is 14.2 Å². The van der Waals surface area contributed by atoms with Gasteiger partial charge in [0.25, 0.3) is 0 Å². The van der Waals surface area contributed by atoms with E-state index in [1.807, 2.05) is 6.92 Å². The van der Waals surface area contributed by atoms with Gasteiger partial charge in [0.2, 0.25) is 0 Å². The van der Waals surface area contributed by atoms with Crippen LogP contribution in [0.4, 0.5) is 0 Å². The predicted molar refractivity (Wildman–Crippen MR) is 53.1 cm³/mol. The Labute approximate surface area is 85.7 Å². The zero-order chi connectivity index (χ0) is 9.80. The van der Waals surface area contributed by atoms with E-state index in [4.69, 9.17) is 14.2 Å². The van der Waals surface area contributed by atoms with E-state index >= 15 is 0 Å². The van der Waals surface area contributed by atoms with Crippen molar-refractivity contribution in [3.63, 3.8) is 0 Å². The second kappa shape index (κ2) is 5.10. The van der Waals surface area contributed by atoms with Crippen molar-refractivity contribution in [2.75, 3.05) is 13.2 Å². The van der Waals surface area contributed by atoms with Crippen LogP contribution in [0.15, 0.2) is 0 Å². The van der Waals surface area contributed by atoms with Crippen molar-refractivity contribution in [2.45, 2.75) is 57.5 Å². The third kappa shape index (κ3) is 2.94. The predicted octanol–water partition coefficient (Wildman–Crippen LogP) is 2.10. The summed E-state index contributed by atoms with van der Waals surface area (Å²) in [4.78, 5) is 0. The van der Waals surface area contributed by atoms with Crippen molar-refractivity contribution >= 4 is 0 Å². The standard InChI is InChI=1S/C11H20O3/c1-9-8-12-7-6-11(13-9)14-10-4-2-3-5-10/h9-11H,2-8H2,1H3/t9-,11+/m0/s1. The summed E-state index contributed by atoms with van der Waals surface area (Å²) < 4.78 is 17.0. The highest BCUT2D eigenvalue weighted by Crippen LogP contribution is 2.24. The maximum atomic E-state index is 5.90. The van der Waals surface area contributed by atoms with Gasteiger partial charge < -0.3 is 14.2 Å². The zero-order valence-electron chi connectivity index (χ0n) is 8.91. The summed E-state index contributed by atoms with van der Waals surface area (Å²) in [6.45, 7) is 3.50. The van der Waals surface area contributed by atoms with Crippen molar-refractivity contribution in [1.29, 1.82) is 0 Å². The van der Waals surface area contributed by atoms with Gasteiger partial charge in [-0.2, -0.15) is 0 Å². The second-order valence-corrected chi connectivity index (χ2v) is 4.28. The first kappa shape index (κ1) is 10.4. The van der Waals surface area contributed by atoms with Crippen LogP contribution >= 0.6 is 0 Å². The van der Waals surface area contributed by atoms with Crippen LogP contribution in [0, 0.1) is 0 Å². The van der Waals surface area contributed by atoms with Gasteiger partial charge in [-0.1, -0.05) is 12.8 Å². The summed E-state index contributed by atoms with van der Waals surface area (Å²) in [6.07, 6.45) is 6.47. The molecule has 0 aromatic carbocycles. The van der Waals surface area contributed by atoms with Crippen LogP contribution in [0.25, 0.3) is 0 Å².